The minimum absolute atomic E-state index is 0.100. The van der Waals surface area contributed by atoms with Crippen molar-refractivity contribution in [3.8, 4) is 5.75 Å². The van der Waals surface area contributed by atoms with Crippen LogP contribution in [0.15, 0.2) is 46.9 Å². The number of nitrogens with one attached hydrogen (secondary N) is 1. The topological polar surface area (TPSA) is 81.5 Å². The summed E-state index contributed by atoms with van der Waals surface area (Å²) in [5.41, 5.74) is 0.228. The summed E-state index contributed by atoms with van der Waals surface area (Å²) < 4.78 is 6.19. The van der Waals surface area contributed by atoms with Crippen LogP contribution in [0.2, 0.25) is 5.02 Å². The van der Waals surface area contributed by atoms with Gasteiger partial charge >= 0.3 is 0 Å². The minimum atomic E-state index is -0.799. The molecule has 0 bridgehead atoms. The van der Waals surface area contributed by atoms with Gasteiger partial charge in [0.25, 0.3) is 11.6 Å². The number of non-ortho nitro benzene ring substituents is 1. The van der Waals surface area contributed by atoms with Crippen LogP contribution in [0.4, 0.5) is 11.4 Å². The summed E-state index contributed by atoms with van der Waals surface area (Å²) in [5, 5.41) is 13.8. The molecule has 0 spiro atoms. The maximum absolute atomic E-state index is 12.1. The third-order valence-electron chi connectivity index (χ3n) is 2.89. The third-order valence-corrected chi connectivity index (χ3v) is 3.75. The van der Waals surface area contributed by atoms with Crippen LogP contribution in [0, 0.1) is 10.1 Å². The highest BCUT2D eigenvalue weighted by Gasteiger charge is 2.17. The summed E-state index contributed by atoms with van der Waals surface area (Å²) in [6.45, 7) is 1.58. The molecule has 120 valence electrons. The van der Waals surface area contributed by atoms with E-state index in [4.69, 9.17) is 16.3 Å². The minimum Gasteiger partial charge on any atom is -0.480 e. The number of carbonyl (C=O) groups is 1. The van der Waals surface area contributed by atoms with E-state index in [1.54, 1.807) is 31.2 Å². The molecule has 0 saturated heterocycles. The molecule has 0 aliphatic carbocycles. The van der Waals surface area contributed by atoms with Crippen LogP contribution in [-0.2, 0) is 4.79 Å². The lowest BCUT2D eigenvalue weighted by atomic mass is 10.2. The van der Waals surface area contributed by atoms with E-state index in [1.807, 2.05) is 0 Å². The summed E-state index contributed by atoms with van der Waals surface area (Å²) >= 11 is 9.14. The van der Waals surface area contributed by atoms with Crippen molar-refractivity contribution in [3.63, 3.8) is 0 Å². The molecule has 23 heavy (non-hydrogen) atoms. The van der Waals surface area contributed by atoms with Gasteiger partial charge in [0.2, 0.25) is 0 Å². The Labute approximate surface area is 145 Å². The zero-order chi connectivity index (χ0) is 17.0. The van der Waals surface area contributed by atoms with Gasteiger partial charge in [-0.15, -0.1) is 0 Å². The maximum atomic E-state index is 12.1. The van der Waals surface area contributed by atoms with Gasteiger partial charge in [-0.25, -0.2) is 0 Å². The van der Waals surface area contributed by atoms with Gasteiger partial charge < -0.3 is 10.1 Å². The Morgan fingerprint density at radius 2 is 2.09 bits per heavy atom. The maximum Gasteiger partial charge on any atom is 0.271 e. The van der Waals surface area contributed by atoms with Gasteiger partial charge in [0.05, 0.1) is 9.40 Å². The molecule has 0 unspecified atom stereocenters. The fourth-order valence-corrected chi connectivity index (χ4v) is 2.53. The van der Waals surface area contributed by atoms with Gasteiger partial charge in [0.1, 0.15) is 5.75 Å². The van der Waals surface area contributed by atoms with Gasteiger partial charge in [0, 0.05) is 22.8 Å². The van der Waals surface area contributed by atoms with E-state index in [9.17, 15) is 14.9 Å². The molecule has 1 amide bonds. The first-order valence-electron chi connectivity index (χ1n) is 6.54. The first-order chi connectivity index (χ1) is 10.9. The number of anilines is 1. The van der Waals surface area contributed by atoms with Crippen molar-refractivity contribution < 1.29 is 14.5 Å². The van der Waals surface area contributed by atoms with E-state index < -0.39 is 16.9 Å². The Kier molecular flexibility index (Phi) is 5.57. The van der Waals surface area contributed by atoms with E-state index in [1.165, 1.54) is 18.2 Å². The fraction of sp³-hybridized carbons (Fsp3) is 0.133. The first-order valence-corrected chi connectivity index (χ1v) is 7.71. The summed E-state index contributed by atoms with van der Waals surface area (Å²) in [5.74, 6) is 0.0449. The largest absolute Gasteiger partial charge is 0.480 e. The van der Waals surface area contributed by atoms with Crippen molar-refractivity contribution in [1.29, 1.82) is 0 Å². The average molecular weight is 400 g/mol. The molecular formula is C15H12BrClN2O4. The number of nitro groups is 1. The lowest BCUT2D eigenvalue weighted by molar-refractivity contribution is -0.384. The molecule has 0 fully saturated rings. The van der Waals surface area contributed by atoms with Crippen molar-refractivity contribution in [3.05, 3.63) is 62.1 Å². The lowest BCUT2D eigenvalue weighted by Crippen LogP contribution is -2.30. The smallest absolute Gasteiger partial charge is 0.271 e. The fourth-order valence-electron chi connectivity index (χ4n) is 1.76. The van der Waals surface area contributed by atoms with Crippen molar-refractivity contribution >= 4 is 44.8 Å². The van der Waals surface area contributed by atoms with Crippen LogP contribution < -0.4 is 10.1 Å². The third kappa shape index (κ3) is 4.67. The van der Waals surface area contributed by atoms with Crippen LogP contribution in [0.3, 0.4) is 0 Å². The second kappa shape index (κ2) is 7.43. The predicted molar refractivity (Wildman–Crippen MR) is 91.0 cm³/mol. The molecule has 2 rings (SSSR count). The lowest BCUT2D eigenvalue weighted by Gasteiger charge is -2.15. The monoisotopic (exact) mass is 398 g/mol. The molecule has 0 aromatic heterocycles. The predicted octanol–water partition coefficient (Wildman–Crippen LogP) is 4.42. The Bertz CT molecular complexity index is 754. The molecule has 2 aromatic carbocycles. The molecule has 0 aliphatic rings. The van der Waals surface area contributed by atoms with Crippen molar-refractivity contribution in [2.75, 3.05) is 5.32 Å². The van der Waals surface area contributed by atoms with Crippen molar-refractivity contribution in [2.24, 2.45) is 0 Å². The summed E-state index contributed by atoms with van der Waals surface area (Å²) in [4.78, 5) is 22.3. The molecule has 6 nitrogen and oxygen atoms in total. The van der Waals surface area contributed by atoms with Crippen molar-refractivity contribution in [2.45, 2.75) is 13.0 Å². The number of hydrogen-bond acceptors (Lipinski definition) is 4. The molecule has 2 aromatic rings. The number of nitro benzene ring substituents is 1. The number of hydrogen-bond donors (Lipinski definition) is 1. The Hall–Kier alpha value is -2.12. The quantitative estimate of drug-likeness (QED) is 0.596. The molecular weight excluding hydrogens is 388 g/mol. The zero-order valence-electron chi connectivity index (χ0n) is 12.0. The highest BCUT2D eigenvalue weighted by Crippen LogP contribution is 2.29. The number of ether oxygens (including phenoxy) is 1. The van der Waals surface area contributed by atoms with Crippen LogP contribution in [0.1, 0.15) is 6.92 Å². The van der Waals surface area contributed by atoms with E-state index in [2.05, 4.69) is 21.2 Å². The molecule has 0 radical (unpaired) electrons. The molecule has 1 N–H and O–H groups in total. The number of amides is 1. The van der Waals surface area contributed by atoms with Gasteiger partial charge in [-0.05, 0) is 47.1 Å². The van der Waals surface area contributed by atoms with E-state index in [0.29, 0.717) is 20.9 Å². The van der Waals surface area contributed by atoms with E-state index >= 15 is 0 Å². The molecule has 0 saturated carbocycles. The van der Waals surface area contributed by atoms with Gasteiger partial charge in [-0.3, -0.25) is 14.9 Å². The number of rotatable bonds is 5. The Morgan fingerprint density at radius 1 is 1.35 bits per heavy atom. The SMILES string of the molecule is C[C@H](Oc1ccc(Cl)cc1Br)C(=O)Nc1cccc([N+](=O)[O-])c1. The molecule has 0 heterocycles. The van der Waals surface area contributed by atoms with E-state index in [0.717, 1.165) is 0 Å². The first kappa shape index (κ1) is 17.2. The highest BCUT2D eigenvalue weighted by atomic mass is 79.9. The summed E-state index contributed by atoms with van der Waals surface area (Å²) in [7, 11) is 0. The number of benzene rings is 2. The molecule has 1 atom stereocenters. The Balaban J connectivity index is 2.05. The number of halogens is 2. The van der Waals surface area contributed by atoms with Gasteiger partial charge in [0.15, 0.2) is 6.10 Å². The van der Waals surface area contributed by atoms with Crippen LogP contribution in [0.5, 0.6) is 5.75 Å². The second-order valence-corrected chi connectivity index (χ2v) is 5.92. The molecule has 0 aliphatic heterocycles. The Morgan fingerprint density at radius 3 is 2.74 bits per heavy atom. The van der Waals surface area contributed by atoms with E-state index in [-0.39, 0.29) is 5.69 Å². The van der Waals surface area contributed by atoms with Gasteiger partial charge in [-0.2, -0.15) is 0 Å². The van der Waals surface area contributed by atoms with Crippen LogP contribution in [-0.4, -0.2) is 16.9 Å². The van der Waals surface area contributed by atoms with Gasteiger partial charge in [-0.1, -0.05) is 17.7 Å². The normalized spacial score (nSPS) is 11.6. The second-order valence-electron chi connectivity index (χ2n) is 4.63. The number of nitrogens with zero attached hydrogens (tertiary/aromatic N) is 1. The summed E-state index contributed by atoms with van der Waals surface area (Å²) in [6, 6.07) is 10.6. The average Bonchev–Trinajstić information content (AvgIpc) is 2.50. The van der Waals surface area contributed by atoms with Crippen LogP contribution in [0.25, 0.3) is 0 Å². The highest BCUT2D eigenvalue weighted by molar-refractivity contribution is 9.10. The van der Waals surface area contributed by atoms with Crippen molar-refractivity contribution in [1.82, 2.24) is 0 Å². The number of carbonyl (C=O) groups excluding carboxylic acids is 1. The standard InChI is InChI=1S/C15H12BrClN2O4/c1-9(23-14-6-5-10(17)7-13(14)16)15(20)18-11-3-2-4-12(8-11)19(21)22/h2-9H,1H3,(H,18,20)/t9-/m0/s1. The summed E-state index contributed by atoms with van der Waals surface area (Å²) in [6.07, 6.45) is -0.799. The zero-order valence-corrected chi connectivity index (χ0v) is 14.3. The molecule has 8 heteroatoms. The van der Waals surface area contributed by atoms with Crippen LogP contribution >= 0.6 is 27.5 Å².